The number of para-hydroxylation sites is 1. The van der Waals surface area contributed by atoms with Crippen molar-refractivity contribution in [3.63, 3.8) is 0 Å². The number of amides is 1. The Balaban J connectivity index is 1.85. The summed E-state index contributed by atoms with van der Waals surface area (Å²) in [5.41, 5.74) is 2.65. The zero-order valence-corrected chi connectivity index (χ0v) is 19.4. The van der Waals surface area contributed by atoms with E-state index in [-0.39, 0.29) is 11.8 Å². The first kappa shape index (κ1) is 24.4. The Morgan fingerprint density at radius 1 is 1.00 bits per heavy atom. The van der Waals surface area contributed by atoms with E-state index in [1.807, 2.05) is 62.4 Å². The van der Waals surface area contributed by atoms with Crippen molar-refractivity contribution in [2.75, 3.05) is 0 Å². The molecule has 0 saturated carbocycles. The van der Waals surface area contributed by atoms with Crippen LogP contribution in [0.5, 0.6) is 5.75 Å². The van der Waals surface area contributed by atoms with Crippen molar-refractivity contribution >= 4 is 5.91 Å². The molecular weight excluding hydrogens is 420 g/mol. The zero-order chi connectivity index (χ0) is 23.8. The van der Waals surface area contributed by atoms with E-state index in [2.05, 4.69) is 12.2 Å². The fraction of sp³-hybridized carbons (Fsp3) is 0.321. The minimum absolute atomic E-state index is 0.209. The monoisotopic (exact) mass is 451 g/mol. The first-order valence-electron chi connectivity index (χ1n) is 11.4. The molecule has 3 nitrogen and oxygen atoms in total. The van der Waals surface area contributed by atoms with Crippen LogP contribution in [0.4, 0.5) is 8.78 Å². The molecule has 33 heavy (non-hydrogen) atoms. The predicted molar refractivity (Wildman–Crippen MR) is 127 cm³/mol. The van der Waals surface area contributed by atoms with Gasteiger partial charge in [0.25, 0.3) is 5.91 Å². The number of carbonyl (C=O) groups is 1. The Labute approximate surface area is 194 Å². The summed E-state index contributed by atoms with van der Waals surface area (Å²) >= 11 is 0. The molecule has 3 aromatic carbocycles. The normalized spacial score (nSPS) is 11.9. The third-order valence-corrected chi connectivity index (χ3v) is 5.44. The van der Waals surface area contributed by atoms with Gasteiger partial charge in [-0.2, -0.15) is 0 Å². The lowest BCUT2D eigenvalue weighted by Crippen LogP contribution is -2.31. The van der Waals surface area contributed by atoms with Crippen LogP contribution in [-0.4, -0.2) is 5.91 Å². The first-order chi connectivity index (χ1) is 15.9. The van der Waals surface area contributed by atoms with Gasteiger partial charge < -0.3 is 10.1 Å². The molecular formula is C28H31F2NO2. The van der Waals surface area contributed by atoms with Gasteiger partial charge in [0.05, 0.1) is 6.04 Å². The van der Waals surface area contributed by atoms with Crippen LogP contribution in [0.25, 0.3) is 0 Å². The molecule has 0 heterocycles. The predicted octanol–water partition coefficient (Wildman–Crippen LogP) is 7.01. The Hall–Kier alpha value is -3.21. The smallest absolute Gasteiger partial charge is 0.252 e. The molecule has 3 rings (SSSR count). The lowest BCUT2D eigenvalue weighted by molar-refractivity contribution is 0.0930. The summed E-state index contributed by atoms with van der Waals surface area (Å²) in [7, 11) is 0. The van der Waals surface area contributed by atoms with Gasteiger partial charge in [-0.25, -0.2) is 8.78 Å². The van der Waals surface area contributed by atoms with Crippen molar-refractivity contribution in [1.29, 1.82) is 0 Å². The molecule has 174 valence electrons. The number of hydrogen-bond acceptors (Lipinski definition) is 2. The SMILES string of the molecule is CCCc1ccc(COc2ccccc2)cc1C(=O)NC(CC(C)C)c1ccc(F)cc1F. The topological polar surface area (TPSA) is 38.3 Å². The highest BCUT2D eigenvalue weighted by atomic mass is 19.1. The van der Waals surface area contributed by atoms with Crippen LogP contribution in [0.2, 0.25) is 0 Å². The van der Waals surface area contributed by atoms with E-state index in [4.69, 9.17) is 4.74 Å². The highest BCUT2D eigenvalue weighted by molar-refractivity contribution is 5.96. The lowest BCUT2D eigenvalue weighted by Gasteiger charge is -2.23. The number of ether oxygens (including phenoxy) is 1. The third-order valence-electron chi connectivity index (χ3n) is 5.44. The van der Waals surface area contributed by atoms with Crippen LogP contribution in [-0.2, 0) is 13.0 Å². The van der Waals surface area contributed by atoms with Gasteiger partial charge in [0.1, 0.15) is 24.0 Å². The van der Waals surface area contributed by atoms with Crippen molar-refractivity contribution in [2.45, 2.75) is 52.7 Å². The minimum Gasteiger partial charge on any atom is -0.489 e. The number of benzene rings is 3. The highest BCUT2D eigenvalue weighted by Gasteiger charge is 2.22. The lowest BCUT2D eigenvalue weighted by atomic mass is 9.95. The van der Waals surface area contributed by atoms with Gasteiger partial charge in [-0.3, -0.25) is 4.79 Å². The van der Waals surface area contributed by atoms with Gasteiger partial charge in [0.2, 0.25) is 0 Å². The van der Waals surface area contributed by atoms with Crippen molar-refractivity contribution in [3.8, 4) is 5.75 Å². The number of carbonyl (C=O) groups excluding carboxylic acids is 1. The second-order valence-corrected chi connectivity index (χ2v) is 8.66. The van der Waals surface area contributed by atoms with Crippen LogP contribution in [0.15, 0.2) is 66.7 Å². The Bertz CT molecular complexity index is 1070. The van der Waals surface area contributed by atoms with E-state index >= 15 is 0 Å². The van der Waals surface area contributed by atoms with Gasteiger partial charge in [0.15, 0.2) is 0 Å². The molecule has 0 saturated heterocycles. The number of halogens is 2. The van der Waals surface area contributed by atoms with Crippen molar-refractivity contribution in [2.24, 2.45) is 5.92 Å². The molecule has 0 fully saturated rings. The van der Waals surface area contributed by atoms with Crippen LogP contribution in [0.3, 0.4) is 0 Å². The summed E-state index contributed by atoms with van der Waals surface area (Å²) in [4.78, 5) is 13.4. The quantitative estimate of drug-likeness (QED) is 0.360. The van der Waals surface area contributed by atoms with E-state index in [1.165, 1.54) is 12.1 Å². The molecule has 0 aliphatic heterocycles. The summed E-state index contributed by atoms with van der Waals surface area (Å²) in [5.74, 6) is -0.596. The minimum atomic E-state index is -0.653. The van der Waals surface area contributed by atoms with Crippen LogP contribution in [0, 0.1) is 17.6 Å². The standard InChI is InChI=1S/C28H31F2NO2/c1-4-8-21-12-11-20(18-33-23-9-6-5-7-10-23)16-25(21)28(32)31-27(15-19(2)3)24-14-13-22(29)17-26(24)30/h5-7,9-14,16-17,19,27H,4,8,15,18H2,1-3H3,(H,31,32). The fourth-order valence-electron chi connectivity index (χ4n) is 3.85. The van der Waals surface area contributed by atoms with E-state index < -0.39 is 17.7 Å². The summed E-state index contributed by atoms with van der Waals surface area (Å²) in [5, 5.41) is 3.00. The maximum absolute atomic E-state index is 14.5. The number of rotatable bonds is 10. The summed E-state index contributed by atoms with van der Waals surface area (Å²) in [6, 6.07) is 18.2. The molecule has 0 aliphatic rings. The van der Waals surface area contributed by atoms with Crippen molar-refractivity contribution in [1.82, 2.24) is 5.32 Å². The molecule has 0 bridgehead atoms. The van der Waals surface area contributed by atoms with Crippen molar-refractivity contribution in [3.05, 3.63) is 101 Å². The Morgan fingerprint density at radius 3 is 2.42 bits per heavy atom. The number of nitrogens with one attached hydrogen (secondary N) is 1. The second kappa shape index (κ2) is 11.6. The molecule has 0 aromatic heterocycles. The van der Waals surface area contributed by atoms with Gasteiger partial charge in [0, 0.05) is 17.2 Å². The average molecular weight is 452 g/mol. The molecule has 1 atom stereocenters. The molecule has 0 spiro atoms. The summed E-state index contributed by atoms with van der Waals surface area (Å²) < 4.78 is 33.8. The largest absolute Gasteiger partial charge is 0.489 e. The van der Waals surface area contributed by atoms with Crippen LogP contribution >= 0.6 is 0 Å². The van der Waals surface area contributed by atoms with Gasteiger partial charge in [-0.15, -0.1) is 0 Å². The Morgan fingerprint density at radius 2 is 1.76 bits per heavy atom. The summed E-state index contributed by atoms with van der Waals surface area (Å²) in [6.45, 7) is 6.40. The van der Waals surface area contributed by atoms with E-state index in [0.717, 1.165) is 35.8 Å². The van der Waals surface area contributed by atoms with Crippen molar-refractivity contribution < 1.29 is 18.3 Å². The molecule has 3 aromatic rings. The number of aryl methyl sites for hydroxylation is 1. The molecule has 0 radical (unpaired) electrons. The maximum Gasteiger partial charge on any atom is 0.252 e. The molecule has 1 unspecified atom stereocenters. The van der Waals surface area contributed by atoms with E-state index in [1.54, 1.807) is 0 Å². The maximum atomic E-state index is 14.5. The zero-order valence-electron chi connectivity index (χ0n) is 19.4. The highest BCUT2D eigenvalue weighted by Crippen LogP contribution is 2.26. The van der Waals surface area contributed by atoms with E-state index in [9.17, 15) is 13.6 Å². The fourth-order valence-corrected chi connectivity index (χ4v) is 3.85. The van der Waals surface area contributed by atoms with Gasteiger partial charge in [-0.1, -0.05) is 63.6 Å². The summed E-state index contributed by atoms with van der Waals surface area (Å²) in [6.07, 6.45) is 2.18. The van der Waals surface area contributed by atoms with Gasteiger partial charge in [-0.05, 0) is 54.2 Å². The molecule has 1 N–H and O–H groups in total. The number of hydrogen-bond donors (Lipinski definition) is 1. The van der Waals surface area contributed by atoms with Crippen LogP contribution in [0.1, 0.15) is 66.7 Å². The molecule has 0 aliphatic carbocycles. The molecule has 5 heteroatoms. The average Bonchev–Trinajstić information content (AvgIpc) is 2.78. The van der Waals surface area contributed by atoms with Gasteiger partial charge >= 0.3 is 0 Å². The third kappa shape index (κ3) is 6.88. The van der Waals surface area contributed by atoms with E-state index in [0.29, 0.717) is 24.2 Å². The van der Waals surface area contributed by atoms with Crippen LogP contribution < -0.4 is 10.1 Å². The Kier molecular flexibility index (Phi) is 8.58. The second-order valence-electron chi connectivity index (χ2n) is 8.66. The first-order valence-corrected chi connectivity index (χ1v) is 11.4. The molecule has 1 amide bonds.